The molecule has 0 saturated carbocycles. The number of Topliss-reactive ketones (excluding diaryl/α,β-unsaturated/α-hetero) is 1. The van der Waals surface area contributed by atoms with Gasteiger partial charge in [0.25, 0.3) is 0 Å². The van der Waals surface area contributed by atoms with Gasteiger partial charge in [0.2, 0.25) is 11.8 Å². The second kappa shape index (κ2) is 10.3. The molecule has 3 rings (SSSR count). The molecule has 2 amide bonds. The van der Waals surface area contributed by atoms with Crippen LogP contribution in [0.4, 0.5) is 10.1 Å². The lowest BCUT2D eigenvalue weighted by atomic mass is 9.92. The molecule has 1 aliphatic heterocycles. The number of amides is 2. The van der Waals surface area contributed by atoms with Gasteiger partial charge in [-0.25, -0.2) is 9.29 Å². The van der Waals surface area contributed by atoms with Crippen molar-refractivity contribution < 1.29 is 18.8 Å². The van der Waals surface area contributed by atoms with Crippen molar-refractivity contribution in [3.8, 4) is 0 Å². The number of fused-ring (bicyclic) bond motifs is 1. The van der Waals surface area contributed by atoms with Crippen LogP contribution >= 0.6 is 0 Å². The Morgan fingerprint density at radius 2 is 1.53 bits per heavy atom. The van der Waals surface area contributed by atoms with Gasteiger partial charge in [0.05, 0.1) is 5.69 Å². The third-order valence-corrected chi connectivity index (χ3v) is 5.59. The van der Waals surface area contributed by atoms with Crippen LogP contribution in [-0.2, 0) is 9.59 Å². The predicted molar refractivity (Wildman–Crippen MR) is 115 cm³/mol. The molecular weight excluding hydrogens is 381 g/mol. The molecule has 5 heteroatoms. The molecule has 1 heterocycles. The first-order valence-corrected chi connectivity index (χ1v) is 10.8. The highest BCUT2D eigenvalue weighted by Crippen LogP contribution is 2.39. The van der Waals surface area contributed by atoms with Crippen LogP contribution in [0.3, 0.4) is 0 Å². The molecular formula is C25H28FNO3. The summed E-state index contributed by atoms with van der Waals surface area (Å²) in [6.45, 7) is 2.18. The normalized spacial score (nSPS) is 15.3. The lowest BCUT2D eigenvalue weighted by Gasteiger charge is -2.16. The van der Waals surface area contributed by atoms with E-state index in [9.17, 15) is 18.8 Å². The minimum Gasteiger partial charge on any atom is -0.293 e. The summed E-state index contributed by atoms with van der Waals surface area (Å²) < 4.78 is 13.2. The molecule has 158 valence electrons. The number of carbonyl (C=O) groups is 3. The van der Waals surface area contributed by atoms with E-state index in [1.54, 1.807) is 24.3 Å². The fraction of sp³-hybridized carbons (Fsp3) is 0.400. The zero-order valence-electron chi connectivity index (χ0n) is 17.4. The van der Waals surface area contributed by atoms with Crippen molar-refractivity contribution in [2.24, 2.45) is 0 Å². The van der Waals surface area contributed by atoms with Crippen molar-refractivity contribution in [3.63, 3.8) is 0 Å². The molecule has 0 N–H and O–H groups in total. The van der Waals surface area contributed by atoms with Crippen LogP contribution in [0.25, 0.3) is 0 Å². The Balaban J connectivity index is 1.69. The van der Waals surface area contributed by atoms with Gasteiger partial charge in [0.1, 0.15) is 11.7 Å². The Morgan fingerprint density at radius 1 is 0.900 bits per heavy atom. The number of para-hydroxylation sites is 1. The number of ketones is 1. The molecule has 2 aromatic carbocycles. The minimum absolute atomic E-state index is 0.255. The first-order valence-electron chi connectivity index (χ1n) is 10.8. The average Bonchev–Trinajstić information content (AvgIpc) is 3.04. The maximum Gasteiger partial charge on any atom is 0.249 e. The standard InChI is InChI=1S/C25H28FNO3/c1-2-3-4-5-6-7-8-13-22(28)27-21-12-10-9-11-20(21)23(25(27)30)24(29)18-14-16-19(26)17-15-18/h9-12,14-17,23H,2-8,13H2,1H3. The summed E-state index contributed by atoms with van der Waals surface area (Å²) in [6.07, 6.45) is 7.88. The van der Waals surface area contributed by atoms with Crippen molar-refractivity contribution >= 4 is 23.3 Å². The predicted octanol–water partition coefficient (Wildman–Crippen LogP) is 5.81. The summed E-state index contributed by atoms with van der Waals surface area (Å²) >= 11 is 0. The van der Waals surface area contributed by atoms with E-state index in [0.717, 1.165) is 19.3 Å². The van der Waals surface area contributed by atoms with E-state index in [0.29, 0.717) is 11.3 Å². The highest BCUT2D eigenvalue weighted by Gasteiger charge is 2.44. The second-order valence-electron chi connectivity index (χ2n) is 7.80. The number of hydrogen-bond acceptors (Lipinski definition) is 3. The average molecular weight is 410 g/mol. The van der Waals surface area contributed by atoms with Crippen LogP contribution in [0.15, 0.2) is 48.5 Å². The monoisotopic (exact) mass is 409 g/mol. The van der Waals surface area contributed by atoms with Crippen molar-refractivity contribution in [2.45, 2.75) is 64.2 Å². The number of benzene rings is 2. The molecule has 0 bridgehead atoms. The molecule has 0 saturated heterocycles. The Morgan fingerprint density at radius 3 is 2.23 bits per heavy atom. The Bertz CT molecular complexity index is 907. The Kier molecular flexibility index (Phi) is 7.50. The maximum absolute atomic E-state index is 13.2. The molecule has 4 nitrogen and oxygen atoms in total. The summed E-state index contributed by atoms with van der Waals surface area (Å²) in [7, 11) is 0. The van der Waals surface area contributed by atoms with E-state index >= 15 is 0 Å². The number of carbonyl (C=O) groups excluding carboxylic acids is 3. The van der Waals surface area contributed by atoms with Crippen LogP contribution in [-0.4, -0.2) is 17.6 Å². The third kappa shape index (κ3) is 4.84. The molecule has 0 spiro atoms. The van der Waals surface area contributed by atoms with Gasteiger partial charge in [0.15, 0.2) is 5.78 Å². The SMILES string of the molecule is CCCCCCCCCC(=O)N1C(=O)C(C(=O)c2ccc(F)cc2)c2ccccc21. The molecule has 1 atom stereocenters. The zero-order chi connectivity index (χ0) is 21.5. The minimum atomic E-state index is -1.07. The highest BCUT2D eigenvalue weighted by molar-refractivity contribution is 6.29. The first kappa shape index (κ1) is 21.9. The number of rotatable bonds is 10. The molecule has 0 radical (unpaired) electrons. The summed E-state index contributed by atoms with van der Waals surface area (Å²) in [5.41, 5.74) is 1.27. The molecule has 2 aromatic rings. The topological polar surface area (TPSA) is 54.5 Å². The summed E-state index contributed by atoms with van der Waals surface area (Å²) in [4.78, 5) is 40.1. The summed E-state index contributed by atoms with van der Waals surface area (Å²) in [6, 6.07) is 12.1. The van der Waals surface area contributed by atoms with E-state index in [4.69, 9.17) is 0 Å². The smallest absolute Gasteiger partial charge is 0.249 e. The molecule has 1 aliphatic rings. The van der Waals surface area contributed by atoms with E-state index in [2.05, 4.69) is 6.92 Å². The number of anilines is 1. The quantitative estimate of drug-likeness (QED) is 0.283. The van der Waals surface area contributed by atoms with Gasteiger partial charge in [0, 0.05) is 12.0 Å². The zero-order valence-corrected chi connectivity index (χ0v) is 17.4. The number of unbranched alkanes of at least 4 members (excludes halogenated alkanes) is 6. The number of hydrogen-bond donors (Lipinski definition) is 0. The van der Waals surface area contributed by atoms with E-state index < -0.39 is 23.4 Å². The molecule has 0 aromatic heterocycles. The van der Waals surface area contributed by atoms with Crippen molar-refractivity contribution in [1.82, 2.24) is 0 Å². The number of halogens is 1. The van der Waals surface area contributed by atoms with E-state index in [1.165, 1.54) is 54.8 Å². The van der Waals surface area contributed by atoms with Gasteiger partial charge in [-0.2, -0.15) is 0 Å². The van der Waals surface area contributed by atoms with Crippen LogP contribution in [0.1, 0.15) is 80.1 Å². The van der Waals surface area contributed by atoms with Gasteiger partial charge in [-0.3, -0.25) is 14.4 Å². The number of nitrogens with zero attached hydrogens (tertiary/aromatic N) is 1. The van der Waals surface area contributed by atoms with Crippen LogP contribution in [0.2, 0.25) is 0 Å². The Labute approximate surface area is 177 Å². The van der Waals surface area contributed by atoms with Gasteiger partial charge < -0.3 is 0 Å². The lowest BCUT2D eigenvalue weighted by Crippen LogP contribution is -2.36. The Hall–Kier alpha value is -2.82. The lowest BCUT2D eigenvalue weighted by molar-refractivity contribution is -0.126. The maximum atomic E-state index is 13.2. The largest absolute Gasteiger partial charge is 0.293 e. The fourth-order valence-corrected chi connectivity index (χ4v) is 3.95. The fourth-order valence-electron chi connectivity index (χ4n) is 3.95. The van der Waals surface area contributed by atoms with Crippen LogP contribution in [0, 0.1) is 5.82 Å². The van der Waals surface area contributed by atoms with Gasteiger partial charge in [-0.15, -0.1) is 0 Å². The highest BCUT2D eigenvalue weighted by atomic mass is 19.1. The van der Waals surface area contributed by atoms with E-state index in [1.807, 2.05) is 0 Å². The number of imide groups is 1. The third-order valence-electron chi connectivity index (χ3n) is 5.59. The van der Waals surface area contributed by atoms with Gasteiger partial charge in [-0.05, 0) is 42.3 Å². The molecule has 0 fully saturated rings. The van der Waals surface area contributed by atoms with Crippen molar-refractivity contribution in [2.75, 3.05) is 4.90 Å². The molecule has 0 aliphatic carbocycles. The first-order chi connectivity index (χ1) is 14.5. The molecule has 1 unspecified atom stereocenters. The van der Waals surface area contributed by atoms with Crippen LogP contribution in [0.5, 0.6) is 0 Å². The second-order valence-corrected chi connectivity index (χ2v) is 7.80. The van der Waals surface area contributed by atoms with Crippen molar-refractivity contribution in [1.29, 1.82) is 0 Å². The van der Waals surface area contributed by atoms with Gasteiger partial charge >= 0.3 is 0 Å². The summed E-state index contributed by atoms with van der Waals surface area (Å²) in [5, 5.41) is 0. The van der Waals surface area contributed by atoms with Gasteiger partial charge in [-0.1, -0.05) is 63.6 Å². The molecule has 30 heavy (non-hydrogen) atoms. The van der Waals surface area contributed by atoms with Crippen LogP contribution < -0.4 is 4.90 Å². The van der Waals surface area contributed by atoms with Crippen molar-refractivity contribution in [3.05, 3.63) is 65.5 Å². The summed E-state index contributed by atoms with van der Waals surface area (Å²) in [5.74, 6) is -2.71. The van der Waals surface area contributed by atoms with E-state index in [-0.39, 0.29) is 17.9 Å².